The van der Waals surface area contributed by atoms with E-state index in [9.17, 15) is 25.1 Å². The first kappa shape index (κ1) is 24.1. The summed E-state index contributed by atoms with van der Waals surface area (Å²) in [4.78, 5) is 28.1. The Balaban J connectivity index is 1.70. The fraction of sp³-hybridized carbons (Fsp3) is 0.233. The average Bonchev–Trinajstić information content (AvgIpc) is 3.19. The van der Waals surface area contributed by atoms with Crippen LogP contribution in [0.3, 0.4) is 0 Å². The van der Waals surface area contributed by atoms with Crippen molar-refractivity contribution in [1.82, 2.24) is 0 Å². The van der Waals surface area contributed by atoms with Crippen LogP contribution in [-0.2, 0) is 22.4 Å². The van der Waals surface area contributed by atoms with Gasteiger partial charge in [0.15, 0.2) is 11.5 Å². The van der Waals surface area contributed by atoms with Crippen LogP contribution in [0.1, 0.15) is 53.6 Å². The number of amides is 1. The summed E-state index contributed by atoms with van der Waals surface area (Å²) in [5, 5.41) is 30.9. The van der Waals surface area contributed by atoms with Gasteiger partial charge in [0, 0.05) is 11.3 Å². The Morgan fingerprint density at radius 1 is 1.03 bits per heavy atom. The van der Waals surface area contributed by atoms with Crippen LogP contribution in [0.25, 0.3) is 5.76 Å². The lowest BCUT2D eigenvalue weighted by molar-refractivity contribution is -0.132. The molecular weight excluding hydrogens is 468 g/mol. The van der Waals surface area contributed by atoms with Gasteiger partial charge in [0.1, 0.15) is 5.76 Å². The minimum Gasteiger partial charge on any atom is -0.507 e. The van der Waals surface area contributed by atoms with Crippen molar-refractivity contribution in [2.24, 2.45) is 0 Å². The maximum atomic E-state index is 13.4. The van der Waals surface area contributed by atoms with Crippen LogP contribution in [-0.4, -0.2) is 28.5 Å². The number of anilines is 1. The lowest BCUT2D eigenvalue weighted by Crippen LogP contribution is -2.29. The SMILES string of the molecule is CCOc1cc(C2/C(=C(\O)c3ccc4c(c3)CCCC4)C(=O)C(=O)N2c2ccc(C#N)cc2)ccc1O. The third-order valence-corrected chi connectivity index (χ3v) is 6.94. The van der Waals surface area contributed by atoms with E-state index in [0.717, 1.165) is 31.2 Å². The smallest absolute Gasteiger partial charge is 0.300 e. The molecule has 0 saturated carbocycles. The summed E-state index contributed by atoms with van der Waals surface area (Å²) in [5.74, 6) is -1.72. The Labute approximate surface area is 214 Å². The second-order valence-electron chi connectivity index (χ2n) is 9.18. The number of ether oxygens (including phenoxy) is 1. The number of Topliss-reactive ketones (excluding diaryl/α,β-unsaturated/α-hetero) is 1. The summed E-state index contributed by atoms with van der Waals surface area (Å²) in [5.41, 5.74) is 4.11. The molecule has 1 aliphatic carbocycles. The zero-order chi connectivity index (χ0) is 26.1. The van der Waals surface area contributed by atoms with Gasteiger partial charge in [-0.15, -0.1) is 0 Å². The van der Waals surface area contributed by atoms with Gasteiger partial charge in [-0.1, -0.05) is 18.2 Å². The molecule has 1 saturated heterocycles. The number of aliphatic hydroxyl groups is 1. The molecule has 1 heterocycles. The maximum Gasteiger partial charge on any atom is 0.300 e. The molecule has 1 amide bonds. The zero-order valence-corrected chi connectivity index (χ0v) is 20.4. The van der Waals surface area contributed by atoms with E-state index in [0.29, 0.717) is 29.0 Å². The van der Waals surface area contributed by atoms with Gasteiger partial charge in [-0.05, 0) is 91.8 Å². The molecule has 0 radical (unpaired) electrons. The standard InChI is InChI=1S/C30H26N2O5/c1-2-37-25-16-21(11-14-24(25)33)27-26(28(34)22-10-9-19-5-3-4-6-20(19)15-22)29(35)30(36)32(27)23-12-7-18(17-31)8-13-23/h7-16,27,33-34H,2-6H2,1H3/b28-26+. The van der Waals surface area contributed by atoms with E-state index >= 15 is 0 Å². The quantitative estimate of drug-likeness (QED) is 0.288. The number of fused-ring (bicyclic) bond motifs is 1. The van der Waals surface area contributed by atoms with Crippen LogP contribution < -0.4 is 9.64 Å². The number of nitrogens with zero attached hydrogens (tertiary/aromatic N) is 2. The van der Waals surface area contributed by atoms with E-state index in [-0.39, 0.29) is 22.8 Å². The second-order valence-corrected chi connectivity index (χ2v) is 9.18. The van der Waals surface area contributed by atoms with Gasteiger partial charge in [-0.3, -0.25) is 14.5 Å². The second kappa shape index (κ2) is 9.82. The number of aromatic hydroxyl groups is 1. The molecule has 37 heavy (non-hydrogen) atoms. The minimum absolute atomic E-state index is 0.0433. The van der Waals surface area contributed by atoms with Crippen LogP contribution in [0.5, 0.6) is 11.5 Å². The molecule has 2 N–H and O–H groups in total. The van der Waals surface area contributed by atoms with Crippen molar-refractivity contribution in [3.8, 4) is 17.6 Å². The molecule has 0 spiro atoms. The number of rotatable bonds is 5. The first-order valence-electron chi connectivity index (χ1n) is 12.3. The van der Waals surface area contributed by atoms with E-state index in [2.05, 4.69) is 0 Å². The van der Waals surface area contributed by atoms with Gasteiger partial charge in [0.2, 0.25) is 0 Å². The van der Waals surface area contributed by atoms with Crippen molar-refractivity contribution in [3.63, 3.8) is 0 Å². The number of ketones is 1. The zero-order valence-electron chi connectivity index (χ0n) is 20.4. The van der Waals surface area contributed by atoms with Gasteiger partial charge in [0.25, 0.3) is 11.7 Å². The number of phenols is 1. The average molecular weight is 495 g/mol. The molecule has 5 rings (SSSR count). The summed E-state index contributed by atoms with van der Waals surface area (Å²) in [6.45, 7) is 2.09. The normalized spacial score (nSPS) is 18.4. The molecule has 2 aliphatic rings. The molecule has 7 nitrogen and oxygen atoms in total. The number of nitriles is 1. The van der Waals surface area contributed by atoms with Crippen molar-refractivity contribution in [2.75, 3.05) is 11.5 Å². The Kier molecular flexibility index (Phi) is 6.41. The number of hydrogen-bond acceptors (Lipinski definition) is 6. The fourth-order valence-corrected chi connectivity index (χ4v) is 5.12. The Hall–Kier alpha value is -4.57. The van der Waals surface area contributed by atoms with Crippen LogP contribution in [0.2, 0.25) is 0 Å². The molecule has 0 aromatic heterocycles. The van der Waals surface area contributed by atoms with Crippen molar-refractivity contribution < 1.29 is 24.5 Å². The van der Waals surface area contributed by atoms with E-state index in [1.54, 1.807) is 49.4 Å². The molecule has 1 fully saturated rings. The van der Waals surface area contributed by atoms with Crippen LogP contribution in [0, 0.1) is 11.3 Å². The highest BCUT2D eigenvalue weighted by molar-refractivity contribution is 6.51. The van der Waals surface area contributed by atoms with Gasteiger partial charge >= 0.3 is 0 Å². The Morgan fingerprint density at radius 2 is 1.76 bits per heavy atom. The number of carbonyl (C=O) groups excluding carboxylic acids is 2. The van der Waals surface area contributed by atoms with Crippen molar-refractivity contribution in [2.45, 2.75) is 38.6 Å². The minimum atomic E-state index is -0.969. The van der Waals surface area contributed by atoms with Gasteiger partial charge in [0.05, 0.1) is 29.9 Å². The number of carbonyl (C=O) groups is 2. The fourth-order valence-electron chi connectivity index (χ4n) is 5.12. The van der Waals surface area contributed by atoms with E-state index in [1.807, 2.05) is 18.2 Å². The van der Waals surface area contributed by atoms with E-state index in [1.165, 1.54) is 16.5 Å². The Bertz CT molecular complexity index is 1470. The Morgan fingerprint density at radius 3 is 2.46 bits per heavy atom. The van der Waals surface area contributed by atoms with Crippen LogP contribution >= 0.6 is 0 Å². The molecule has 186 valence electrons. The topological polar surface area (TPSA) is 111 Å². The number of phenolic OH excluding ortho intramolecular Hbond substituents is 1. The predicted molar refractivity (Wildman–Crippen MR) is 138 cm³/mol. The van der Waals surface area contributed by atoms with Crippen LogP contribution in [0.15, 0.2) is 66.2 Å². The van der Waals surface area contributed by atoms with E-state index < -0.39 is 17.7 Å². The summed E-state index contributed by atoms with van der Waals surface area (Å²) in [7, 11) is 0. The van der Waals surface area contributed by atoms with Crippen molar-refractivity contribution >= 4 is 23.1 Å². The molecule has 1 atom stereocenters. The maximum absolute atomic E-state index is 13.4. The number of benzene rings is 3. The number of aliphatic hydroxyl groups excluding tert-OH is 1. The lowest BCUT2D eigenvalue weighted by Gasteiger charge is -2.26. The monoisotopic (exact) mass is 494 g/mol. The molecule has 0 bridgehead atoms. The van der Waals surface area contributed by atoms with Gasteiger partial charge in [-0.25, -0.2) is 0 Å². The number of hydrogen-bond donors (Lipinski definition) is 2. The summed E-state index contributed by atoms with van der Waals surface area (Å²) < 4.78 is 5.55. The molecular formula is C30H26N2O5. The van der Waals surface area contributed by atoms with Crippen LogP contribution in [0.4, 0.5) is 5.69 Å². The van der Waals surface area contributed by atoms with Crippen molar-refractivity contribution in [1.29, 1.82) is 5.26 Å². The van der Waals surface area contributed by atoms with Gasteiger partial charge < -0.3 is 14.9 Å². The molecule has 3 aromatic carbocycles. The summed E-state index contributed by atoms with van der Waals surface area (Å²) >= 11 is 0. The summed E-state index contributed by atoms with van der Waals surface area (Å²) in [6, 6.07) is 17.7. The van der Waals surface area contributed by atoms with Crippen molar-refractivity contribution in [3.05, 3.63) is 94.1 Å². The largest absolute Gasteiger partial charge is 0.507 e. The first-order valence-corrected chi connectivity index (χ1v) is 12.3. The molecule has 7 heteroatoms. The summed E-state index contributed by atoms with van der Waals surface area (Å²) in [6.07, 6.45) is 4.06. The van der Waals surface area contributed by atoms with Gasteiger partial charge in [-0.2, -0.15) is 5.26 Å². The molecule has 1 unspecified atom stereocenters. The molecule has 1 aliphatic heterocycles. The molecule has 3 aromatic rings. The predicted octanol–water partition coefficient (Wildman–Crippen LogP) is 5.17. The lowest BCUT2D eigenvalue weighted by atomic mass is 9.88. The highest BCUT2D eigenvalue weighted by Crippen LogP contribution is 2.44. The van der Waals surface area contributed by atoms with E-state index in [4.69, 9.17) is 4.74 Å². The highest BCUT2D eigenvalue weighted by atomic mass is 16.5. The highest BCUT2D eigenvalue weighted by Gasteiger charge is 2.47. The first-order chi connectivity index (χ1) is 17.9. The number of aryl methyl sites for hydroxylation is 2. The third-order valence-electron chi connectivity index (χ3n) is 6.94. The third kappa shape index (κ3) is 4.31.